The molecule has 1 N–H and O–H groups in total. The van der Waals surface area contributed by atoms with Crippen LogP contribution in [0.2, 0.25) is 10.0 Å². The topological polar surface area (TPSA) is 29.1 Å². The first kappa shape index (κ1) is 14.4. The number of benzene rings is 2. The molecule has 0 bridgehead atoms. The van der Waals surface area contributed by atoms with Gasteiger partial charge in [-0.15, -0.1) is 0 Å². The largest absolute Gasteiger partial charge is 0.321 e. The molecule has 1 amide bonds. The van der Waals surface area contributed by atoms with Crippen molar-refractivity contribution in [3.63, 3.8) is 0 Å². The van der Waals surface area contributed by atoms with Gasteiger partial charge in [0.05, 0.1) is 21.3 Å². The highest BCUT2D eigenvalue weighted by Gasteiger charge is 2.15. The smallest absolute Gasteiger partial charge is 0.258 e. The first-order valence-electron chi connectivity index (χ1n) is 5.50. The molecule has 0 aromatic heterocycles. The van der Waals surface area contributed by atoms with Crippen molar-refractivity contribution >= 4 is 50.7 Å². The number of nitrogens with one attached hydrogen (secondary N) is 1. The van der Waals surface area contributed by atoms with Crippen LogP contribution in [0.5, 0.6) is 0 Å². The van der Waals surface area contributed by atoms with E-state index in [1.54, 1.807) is 18.2 Å². The van der Waals surface area contributed by atoms with Gasteiger partial charge in [0.25, 0.3) is 5.91 Å². The van der Waals surface area contributed by atoms with Gasteiger partial charge in [-0.1, -0.05) is 35.3 Å². The first-order valence-corrected chi connectivity index (χ1v) is 7.05. The van der Waals surface area contributed by atoms with Crippen molar-refractivity contribution in [2.75, 3.05) is 5.32 Å². The molecule has 0 unspecified atom stereocenters. The summed E-state index contributed by atoms with van der Waals surface area (Å²) in [5.41, 5.74) is 2.05. The number of hydrogen-bond donors (Lipinski definition) is 1. The molecule has 0 saturated carbocycles. The third-order valence-electron chi connectivity index (χ3n) is 2.56. The molecule has 0 aliphatic rings. The Morgan fingerprint density at radius 3 is 2.37 bits per heavy atom. The minimum Gasteiger partial charge on any atom is -0.321 e. The fraction of sp³-hybridized carbons (Fsp3) is 0.0714. The van der Waals surface area contributed by atoms with Crippen LogP contribution in [-0.4, -0.2) is 5.91 Å². The normalized spacial score (nSPS) is 10.3. The second kappa shape index (κ2) is 5.95. The SMILES string of the molecule is Cc1ccc(NC(=O)c2c(Cl)cccc2Cl)c(Br)c1. The van der Waals surface area contributed by atoms with Gasteiger partial charge in [-0.3, -0.25) is 4.79 Å². The Hall–Kier alpha value is -1.03. The third kappa shape index (κ3) is 3.30. The van der Waals surface area contributed by atoms with Crippen molar-refractivity contribution in [2.45, 2.75) is 6.92 Å². The van der Waals surface area contributed by atoms with Gasteiger partial charge in [-0.2, -0.15) is 0 Å². The predicted octanol–water partition coefficient (Wildman–Crippen LogP) is 5.32. The minimum absolute atomic E-state index is 0.276. The van der Waals surface area contributed by atoms with Crippen molar-refractivity contribution in [3.05, 3.63) is 62.0 Å². The van der Waals surface area contributed by atoms with Crippen molar-refractivity contribution in [3.8, 4) is 0 Å². The van der Waals surface area contributed by atoms with E-state index in [4.69, 9.17) is 23.2 Å². The van der Waals surface area contributed by atoms with Crippen LogP contribution in [0.3, 0.4) is 0 Å². The number of rotatable bonds is 2. The standard InChI is InChI=1S/C14H10BrCl2NO/c1-8-5-6-12(9(15)7-8)18-14(19)13-10(16)3-2-4-11(13)17/h2-7H,1H3,(H,18,19). The van der Waals surface area contributed by atoms with Gasteiger partial charge in [-0.25, -0.2) is 0 Å². The van der Waals surface area contributed by atoms with E-state index >= 15 is 0 Å². The first-order chi connectivity index (χ1) is 8.99. The molecule has 0 saturated heterocycles. The van der Waals surface area contributed by atoms with Crippen LogP contribution in [0.25, 0.3) is 0 Å². The van der Waals surface area contributed by atoms with Gasteiger partial charge in [0.15, 0.2) is 0 Å². The van der Waals surface area contributed by atoms with Crippen LogP contribution < -0.4 is 5.32 Å². The Morgan fingerprint density at radius 1 is 1.16 bits per heavy atom. The fourth-order valence-corrected chi connectivity index (χ4v) is 2.78. The summed E-state index contributed by atoms with van der Waals surface area (Å²) in [6.07, 6.45) is 0. The molecule has 0 heterocycles. The maximum atomic E-state index is 12.2. The van der Waals surface area contributed by atoms with E-state index in [-0.39, 0.29) is 11.5 Å². The second-order valence-corrected chi connectivity index (χ2v) is 5.70. The van der Waals surface area contributed by atoms with E-state index in [9.17, 15) is 4.79 Å². The number of carbonyl (C=O) groups excluding carboxylic acids is 1. The Balaban J connectivity index is 2.31. The van der Waals surface area contributed by atoms with Gasteiger partial charge in [0.2, 0.25) is 0 Å². The molecule has 0 fully saturated rings. The van der Waals surface area contributed by atoms with E-state index in [1.807, 2.05) is 25.1 Å². The Bertz CT molecular complexity index is 623. The van der Waals surface area contributed by atoms with E-state index < -0.39 is 0 Å². The molecule has 0 atom stereocenters. The number of carbonyl (C=O) groups is 1. The number of anilines is 1. The molecule has 0 radical (unpaired) electrons. The van der Waals surface area contributed by atoms with Gasteiger partial charge >= 0.3 is 0 Å². The van der Waals surface area contributed by atoms with Gasteiger partial charge in [0.1, 0.15) is 0 Å². The lowest BCUT2D eigenvalue weighted by Gasteiger charge is -2.10. The predicted molar refractivity (Wildman–Crippen MR) is 83.3 cm³/mol. The summed E-state index contributed by atoms with van der Waals surface area (Å²) in [5.74, 6) is -0.333. The molecule has 2 aromatic rings. The molecular weight excluding hydrogens is 349 g/mol. The Kier molecular flexibility index (Phi) is 4.50. The second-order valence-electron chi connectivity index (χ2n) is 4.03. The molecular formula is C14H10BrCl2NO. The number of halogens is 3. The highest BCUT2D eigenvalue weighted by Crippen LogP contribution is 2.28. The Labute approximate surface area is 129 Å². The van der Waals surface area contributed by atoms with E-state index in [0.717, 1.165) is 10.0 Å². The summed E-state index contributed by atoms with van der Waals surface area (Å²) in [7, 11) is 0. The van der Waals surface area contributed by atoms with Crippen LogP contribution in [0, 0.1) is 6.92 Å². The average Bonchev–Trinajstić information content (AvgIpc) is 2.32. The fourth-order valence-electron chi connectivity index (χ4n) is 1.62. The monoisotopic (exact) mass is 357 g/mol. The highest BCUT2D eigenvalue weighted by molar-refractivity contribution is 9.10. The summed E-state index contributed by atoms with van der Waals surface area (Å²) < 4.78 is 0.809. The Morgan fingerprint density at radius 2 is 1.79 bits per heavy atom. The quantitative estimate of drug-likeness (QED) is 0.773. The molecule has 98 valence electrons. The number of aryl methyl sites for hydroxylation is 1. The van der Waals surface area contributed by atoms with Crippen LogP contribution in [0.1, 0.15) is 15.9 Å². The van der Waals surface area contributed by atoms with E-state index in [2.05, 4.69) is 21.2 Å². The third-order valence-corrected chi connectivity index (χ3v) is 3.85. The lowest BCUT2D eigenvalue weighted by atomic mass is 10.2. The molecule has 2 nitrogen and oxygen atoms in total. The minimum atomic E-state index is -0.333. The lowest BCUT2D eigenvalue weighted by molar-refractivity contribution is 0.102. The molecule has 0 aliphatic heterocycles. The number of amides is 1. The average molecular weight is 359 g/mol. The van der Waals surface area contributed by atoms with Crippen LogP contribution in [0.4, 0.5) is 5.69 Å². The summed E-state index contributed by atoms with van der Waals surface area (Å²) in [6.45, 7) is 1.97. The van der Waals surface area contributed by atoms with Crippen molar-refractivity contribution in [1.29, 1.82) is 0 Å². The van der Waals surface area contributed by atoms with E-state index in [0.29, 0.717) is 15.7 Å². The van der Waals surface area contributed by atoms with Crippen molar-refractivity contribution < 1.29 is 4.79 Å². The summed E-state index contributed by atoms with van der Waals surface area (Å²) in [4.78, 5) is 12.2. The summed E-state index contributed by atoms with van der Waals surface area (Å²) in [6, 6.07) is 10.6. The van der Waals surface area contributed by atoms with E-state index in [1.165, 1.54) is 0 Å². The molecule has 19 heavy (non-hydrogen) atoms. The lowest BCUT2D eigenvalue weighted by Crippen LogP contribution is -2.13. The summed E-state index contributed by atoms with van der Waals surface area (Å²) >= 11 is 15.4. The zero-order valence-electron chi connectivity index (χ0n) is 10.0. The van der Waals surface area contributed by atoms with Crippen molar-refractivity contribution in [2.24, 2.45) is 0 Å². The molecule has 2 rings (SSSR count). The summed E-state index contributed by atoms with van der Waals surface area (Å²) in [5, 5.41) is 3.43. The maximum Gasteiger partial charge on any atom is 0.258 e. The van der Waals surface area contributed by atoms with Crippen LogP contribution >= 0.6 is 39.1 Å². The van der Waals surface area contributed by atoms with Gasteiger partial charge in [0, 0.05) is 4.47 Å². The number of hydrogen-bond acceptors (Lipinski definition) is 1. The molecule has 2 aromatic carbocycles. The molecule has 5 heteroatoms. The molecule has 0 aliphatic carbocycles. The molecule has 0 spiro atoms. The van der Waals surface area contributed by atoms with Gasteiger partial charge in [-0.05, 0) is 52.7 Å². The zero-order valence-corrected chi connectivity index (χ0v) is 13.1. The maximum absolute atomic E-state index is 12.2. The highest BCUT2D eigenvalue weighted by atomic mass is 79.9. The zero-order chi connectivity index (χ0) is 14.0. The van der Waals surface area contributed by atoms with Crippen LogP contribution in [0.15, 0.2) is 40.9 Å². The van der Waals surface area contributed by atoms with Crippen LogP contribution in [-0.2, 0) is 0 Å². The van der Waals surface area contributed by atoms with Gasteiger partial charge < -0.3 is 5.32 Å². The van der Waals surface area contributed by atoms with Crippen molar-refractivity contribution in [1.82, 2.24) is 0 Å².